The fraction of sp³-hybridized carbons (Fsp3) is 0.692. The molecule has 0 radical (unpaired) electrons. The lowest BCUT2D eigenvalue weighted by Gasteiger charge is -2.39. The average molecular weight is 425 g/mol. The molecule has 2 N–H and O–H groups in total. The zero-order valence-electron chi connectivity index (χ0n) is 18.8. The van der Waals surface area contributed by atoms with Crippen molar-refractivity contribution in [1.29, 1.82) is 0 Å². The van der Waals surface area contributed by atoms with Crippen LogP contribution >= 0.6 is 0 Å². The zero-order chi connectivity index (χ0) is 21.5. The van der Waals surface area contributed by atoms with Crippen LogP contribution in [-0.4, -0.2) is 31.6 Å². The molecular weight excluding hydrogens is 388 g/mol. The van der Waals surface area contributed by atoms with Crippen LogP contribution in [0.5, 0.6) is 0 Å². The summed E-state index contributed by atoms with van der Waals surface area (Å²) >= 11 is 0. The van der Waals surface area contributed by atoms with E-state index in [1.165, 1.54) is 44.9 Å². The summed E-state index contributed by atoms with van der Waals surface area (Å²) in [6.07, 6.45) is 10.1. The van der Waals surface area contributed by atoms with Crippen molar-refractivity contribution in [2.75, 3.05) is 25.1 Å². The van der Waals surface area contributed by atoms with E-state index in [1.807, 2.05) is 24.3 Å². The van der Waals surface area contributed by atoms with Crippen molar-refractivity contribution in [2.24, 2.45) is 23.2 Å². The van der Waals surface area contributed by atoms with Gasteiger partial charge in [0.05, 0.1) is 12.0 Å². The summed E-state index contributed by atoms with van der Waals surface area (Å²) in [6, 6.07) is 7.87. The Hall–Kier alpha value is -1.88. The third-order valence-corrected chi connectivity index (χ3v) is 8.27. The fourth-order valence-electron chi connectivity index (χ4n) is 5.61. The van der Waals surface area contributed by atoms with Crippen LogP contribution in [0.1, 0.15) is 70.3 Å². The van der Waals surface area contributed by atoms with Gasteiger partial charge in [-0.05, 0) is 85.8 Å². The number of amides is 2. The van der Waals surface area contributed by atoms with Crippen LogP contribution in [0.2, 0.25) is 0 Å². The van der Waals surface area contributed by atoms with E-state index >= 15 is 0 Å². The van der Waals surface area contributed by atoms with Gasteiger partial charge in [-0.1, -0.05) is 25.5 Å². The summed E-state index contributed by atoms with van der Waals surface area (Å²) in [4.78, 5) is 26.1. The molecule has 5 rings (SSSR count). The quantitative estimate of drug-likeness (QED) is 0.617. The van der Waals surface area contributed by atoms with Gasteiger partial charge in [0.25, 0.3) is 0 Å². The van der Waals surface area contributed by atoms with Gasteiger partial charge in [-0.25, -0.2) is 0 Å². The Labute approximate surface area is 185 Å². The molecule has 0 spiro atoms. The lowest BCUT2D eigenvalue weighted by atomic mass is 9.70. The summed E-state index contributed by atoms with van der Waals surface area (Å²) < 4.78 is 5.70. The maximum Gasteiger partial charge on any atom is 0.233 e. The first-order valence-corrected chi connectivity index (χ1v) is 12.2. The number of rotatable bonds is 9. The summed E-state index contributed by atoms with van der Waals surface area (Å²) in [5, 5.41) is 6.35. The van der Waals surface area contributed by atoms with Gasteiger partial charge < -0.3 is 15.4 Å². The molecule has 5 nitrogen and oxygen atoms in total. The first kappa shape index (κ1) is 21.0. The van der Waals surface area contributed by atoms with Gasteiger partial charge in [0.2, 0.25) is 11.8 Å². The predicted octanol–water partition coefficient (Wildman–Crippen LogP) is 4.42. The van der Waals surface area contributed by atoms with Crippen molar-refractivity contribution in [3.63, 3.8) is 0 Å². The Kier molecular flexibility index (Phi) is 5.58. The second kappa shape index (κ2) is 8.23. The zero-order valence-corrected chi connectivity index (χ0v) is 18.8. The second-order valence-corrected chi connectivity index (χ2v) is 10.9. The number of benzene rings is 1. The summed E-state index contributed by atoms with van der Waals surface area (Å²) in [7, 11) is 0. The molecule has 0 bridgehead atoms. The van der Waals surface area contributed by atoms with Crippen molar-refractivity contribution in [3.8, 4) is 0 Å². The Morgan fingerprint density at radius 1 is 1.13 bits per heavy atom. The second-order valence-electron chi connectivity index (χ2n) is 10.9. The van der Waals surface area contributed by atoms with E-state index in [0.29, 0.717) is 32.0 Å². The van der Waals surface area contributed by atoms with E-state index in [4.69, 9.17) is 4.74 Å². The van der Waals surface area contributed by atoms with Crippen molar-refractivity contribution >= 4 is 17.5 Å². The molecule has 1 heterocycles. The van der Waals surface area contributed by atoms with Crippen molar-refractivity contribution < 1.29 is 14.3 Å². The van der Waals surface area contributed by atoms with Gasteiger partial charge in [-0.3, -0.25) is 9.59 Å². The molecule has 1 saturated heterocycles. The molecule has 5 heteroatoms. The SMILES string of the molecule is CC1(CNC(=O)C2(c3cccc(NC(=O)CC(C4CC4)C4CC4)c3)CCOC2)CCC1. The number of hydrogen-bond acceptors (Lipinski definition) is 3. The summed E-state index contributed by atoms with van der Waals surface area (Å²) in [5.74, 6) is 2.27. The molecule has 31 heavy (non-hydrogen) atoms. The molecule has 168 valence electrons. The average Bonchev–Trinajstić information content (AvgIpc) is 3.68. The molecule has 1 aliphatic heterocycles. The highest BCUT2D eigenvalue weighted by atomic mass is 16.5. The van der Waals surface area contributed by atoms with Gasteiger partial charge in [0.1, 0.15) is 0 Å². The van der Waals surface area contributed by atoms with Crippen LogP contribution in [-0.2, 0) is 19.7 Å². The van der Waals surface area contributed by atoms with E-state index in [-0.39, 0.29) is 17.2 Å². The highest BCUT2D eigenvalue weighted by Gasteiger charge is 2.45. The molecular formula is C26H36N2O3. The summed E-state index contributed by atoms with van der Waals surface area (Å²) in [6.45, 7) is 3.97. The van der Waals surface area contributed by atoms with Crippen molar-refractivity contribution in [1.82, 2.24) is 5.32 Å². The largest absolute Gasteiger partial charge is 0.380 e. The van der Waals surface area contributed by atoms with Crippen LogP contribution < -0.4 is 10.6 Å². The Morgan fingerprint density at radius 2 is 1.87 bits per heavy atom. The van der Waals surface area contributed by atoms with Crippen molar-refractivity contribution in [3.05, 3.63) is 29.8 Å². The van der Waals surface area contributed by atoms with E-state index in [1.54, 1.807) is 0 Å². The predicted molar refractivity (Wildman–Crippen MR) is 121 cm³/mol. The highest BCUT2D eigenvalue weighted by Crippen LogP contribution is 2.50. The summed E-state index contributed by atoms with van der Waals surface area (Å²) in [5.41, 5.74) is 1.31. The number of carbonyl (C=O) groups is 2. The molecule has 3 aliphatic carbocycles. The van der Waals surface area contributed by atoms with Gasteiger partial charge in [0.15, 0.2) is 0 Å². The number of ether oxygens (including phenoxy) is 1. The molecule has 3 saturated carbocycles. The number of anilines is 1. The third kappa shape index (κ3) is 4.52. The first-order valence-electron chi connectivity index (χ1n) is 12.2. The minimum absolute atomic E-state index is 0.0594. The molecule has 4 aliphatic rings. The first-order chi connectivity index (χ1) is 15.0. The number of carbonyl (C=O) groups excluding carboxylic acids is 2. The van der Waals surface area contributed by atoms with E-state index < -0.39 is 5.41 Å². The Morgan fingerprint density at radius 3 is 2.45 bits per heavy atom. The smallest absolute Gasteiger partial charge is 0.233 e. The molecule has 2 amide bonds. The van der Waals surface area contributed by atoms with Crippen LogP contribution in [0.25, 0.3) is 0 Å². The topological polar surface area (TPSA) is 67.4 Å². The van der Waals surface area contributed by atoms with Gasteiger partial charge in [-0.2, -0.15) is 0 Å². The lowest BCUT2D eigenvalue weighted by molar-refractivity contribution is -0.127. The lowest BCUT2D eigenvalue weighted by Crippen LogP contribution is -2.49. The molecule has 4 fully saturated rings. The van der Waals surface area contributed by atoms with Gasteiger partial charge >= 0.3 is 0 Å². The maximum absolute atomic E-state index is 13.3. The minimum atomic E-state index is -0.661. The number of nitrogens with one attached hydrogen (secondary N) is 2. The minimum Gasteiger partial charge on any atom is -0.380 e. The molecule has 1 aromatic rings. The van der Waals surface area contributed by atoms with Gasteiger partial charge in [0, 0.05) is 25.3 Å². The van der Waals surface area contributed by atoms with E-state index in [9.17, 15) is 9.59 Å². The molecule has 1 unspecified atom stereocenters. The Bertz CT molecular complexity index is 821. The maximum atomic E-state index is 13.3. The van der Waals surface area contributed by atoms with Crippen LogP contribution in [0, 0.1) is 23.2 Å². The highest BCUT2D eigenvalue weighted by molar-refractivity contribution is 5.92. The van der Waals surface area contributed by atoms with Crippen LogP contribution in [0.15, 0.2) is 24.3 Å². The fourth-order valence-corrected chi connectivity index (χ4v) is 5.61. The van der Waals surface area contributed by atoms with Crippen LogP contribution in [0.4, 0.5) is 5.69 Å². The molecule has 1 atom stereocenters. The molecule has 0 aromatic heterocycles. The third-order valence-electron chi connectivity index (χ3n) is 8.27. The van der Waals surface area contributed by atoms with E-state index in [0.717, 1.165) is 29.6 Å². The van der Waals surface area contributed by atoms with Crippen LogP contribution in [0.3, 0.4) is 0 Å². The van der Waals surface area contributed by atoms with Gasteiger partial charge in [-0.15, -0.1) is 0 Å². The monoisotopic (exact) mass is 424 g/mol. The standard InChI is InChI=1S/C26H36N2O3/c1-25(10-3-11-25)16-27-24(30)26(12-13-31-17-26)20-4-2-5-21(14-20)28-23(29)15-22(18-6-7-18)19-8-9-19/h2,4-5,14,18-19,22H,3,6-13,15-17H2,1H3,(H,27,30)(H,28,29). The Balaban J connectivity index is 1.26. The van der Waals surface area contributed by atoms with Crippen molar-refractivity contribution in [2.45, 2.75) is 70.1 Å². The van der Waals surface area contributed by atoms with E-state index in [2.05, 4.69) is 17.6 Å². The molecule has 1 aromatic carbocycles. The number of hydrogen-bond donors (Lipinski definition) is 2. The normalized spacial score (nSPS) is 27.0.